The van der Waals surface area contributed by atoms with Crippen LogP contribution in [-0.4, -0.2) is 7.11 Å². The molecule has 1 unspecified atom stereocenters. The van der Waals surface area contributed by atoms with Gasteiger partial charge in [0.15, 0.2) is 0 Å². The van der Waals surface area contributed by atoms with Crippen molar-refractivity contribution in [2.45, 2.75) is 32.8 Å². The summed E-state index contributed by atoms with van der Waals surface area (Å²) in [7, 11) is 1.64. The Balaban J connectivity index is 3.15. The van der Waals surface area contributed by atoms with Gasteiger partial charge in [0.25, 0.3) is 0 Å². The number of ether oxygens (including phenoxy) is 1. The van der Waals surface area contributed by atoms with Crippen LogP contribution in [0.25, 0.3) is 0 Å². The predicted molar refractivity (Wildman–Crippen MR) is 55.9 cm³/mol. The van der Waals surface area contributed by atoms with Crippen molar-refractivity contribution in [3.63, 3.8) is 0 Å². The standard InChI is InChI=1S/C12H17FO/c1-8(2)11-6-5-10(13)7-12(11)9(3)14-4/h5-9H,1-4H3. The molecule has 1 atom stereocenters. The quantitative estimate of drug-likeness (QED) is 0.717. The number of hydrogen-bond acceptors (Lipinski definition) is 1. The molecule has 0 N–H and O–H groups in total. The van der Waals surface area contributed by atoms with Gasteiger partial charge >= 0.3 is 0 Å². The van der Waals surface area contributed by atoms with E-state index in [9.17, 15) is 4.39 Å². The Kier molecular flexibility index (Phi) is 3.64. The van der Waals surface area contributed by atoms with Crippen molar-refractivity contribution < 1.29 is 9.13 Å². The molecule has 0 heterocycles. The second-order valence-corrected chi connectivity index (χ2v) is 3.81. The maximum absolute atomic E-state index is 13.1. The lowest BCUT2D eigenvalue weighted by atomic mass is 9.94. The van der Waals surface area contributed by atoms with Crippen molar-refractivity contribution in [3.8, 4) is 0 Å². The number of hydrogen-bond donors (Lipinski definition) is 0. The zero-order chi connectivity index (χ0) is 10.7. The lowest BCUT2D eigenvalue weighted by molar-refractivity contribution is 0.118. The number of methoxy groups -OCH3 is 1. The van der Waals surface area contributed by atoms with Crippen molar-refractivity contribution in [1.29, 1.82) is 0 Å². The third-order valence-electron chi connectivity index (χ3n) is 2.46. The molecule has 0 aromatic heterocycles. The fraction of sp³-hybridized carbons (Fsp3) is 0.500. The molecule has 0 bridgehead atoms. The molecule has 0 amide bonds. The van der Waals surface area contributed by atoms with Gasteiger partial charge < -0.3 is 4.74 Å². The van der Waals surface area contributed by atoms with Crippen molar-refractivity contribution in [2.24, 2.45) is 0 Å². The first kappa shape index (κ1) is 11.2. The summed E-state index contributed by atoms with van der Waals surface area (Å²) in [6.07, 6.45) is -0.0527. The maximum Gasteiger partial charge on any atom is 0.123 e. The van der Waals surface area contributed by atoms with Crippen LogP contribution in [0.4, 0.5) is 4.39 Å². The highest BCUT2D eigenvalue weighted by molar-refractivity contribution is 5.32. The molecule has 0 saturated carbocycles. The van der Waals surface area contributed by atoms with Crippen molar-refractivity contribution in [3.05, 3.63) is 35.1 Å². The fourth-order valence-corrected chi connectivity index (χ4v) is 1.55. The first-order chi connectivity index (χ1) is 6.56. The first-order valence-electron chi connectivity index (χ1n) is 4.88. The average Bonchev–Trinajstić information content (AvgIpc) is 2.16. The van der Waals surface area contributed by atoms with Crippen LogP contribution >= 0.6 is 0 Å². The largest absolute Gasteiger partial charge is 0.377 e. The summed E-state index contributed by atoms with van der Waals surface area (Å²) in [5.74, 6) is 0.191. The van der Waals surface area contributed by atoms with Gasteiger partial charge in [-0.2, -0.15) is 0 Å². The highest BCUT2D eigenvalue weighted by Crippen LogP contribution is 2.27. The summed E-state index contributed by atoms with van der Waals surface area (Å²) in [6.45, 7) is 6.12. The Bertz CT molecular complexity index is 307. The zero-order valence-electron chi connectivity index (χ0n) is 9.17. The second kappa shape index (κ2) is 4.56. The summed E-state index contributed by atoms with van der Waals surface area (Å²) in [4.78, 5) is 0. The Morgan fingerprint density at radius 2 is 1.79 bits per heavy atom. The number of benzene rings is 1. The van der Waals surface area contributed by atoms with Gasteiger partial charge in [-0.15, -0.1) is 0 Å². The van der Waals surface area contributed by atoms with E-state index < -0.39 is 0 Å². The first-order valence-corrected chi connectivity index (χ1v) is 4.88. The lowest BCUT2D eigenvalue weighted by Crippen LogP contribution is -2.03. The summed E-state index contributed by atoms with van der Waals surface area (Å²) in [6, 6.07) is 4.90. The molecule has 14 heavy (non-hydrogen) atoms. The minimum Gasteiger partial charge on any atom is -0.377 e. The van der Waals surface area contributed by atoms with Gasteiger partial charge in [0.1, 0.15) is 5.82 Å². The van der Waals surface area contributed by atoms with Gasteiger partial charge in [0, 0.05) is 7.11 Å². The van der Waals surface area contributed by atoms with Gasteiger partial charge in [0.2, 0.25) is 0 Å². The molecule has 1 aromatic carbocycles. The second-order valence-electron chi connectivity index (χ2n) is 3.81. The zero-order valence-corrected chi connectivity index (χ0v) is 9.17. The van der Waals surface area contributed by atoms with Crippen LogP contribution in [0, 0.1) is 5.82 Å². The molecule has 0 aliphatic heterocycles. The Morgan fingerprint density at radius 3 is 2.29 bits per heavy atom. The molecule has 0 aliphatic carbocycles. The number of halogens is 1. The van der Waals surface area contributed by atoms with Crippen molar-refractivity contribution in [1.82, 2.24) is 0 Å². The van der Waals surface area contributed by atoms with Crippen LogP contribution in [0.5, 0.6) is 0 Å². The number of rotatable bonds is 3. The van der Waals surface area contributed by atoms with Crippen LogP contribution < -0.4 is 0 Å². The van der Waals surface area contributed by atoms with Crippen LogP contribution in [0.2, 0.25) is 0 Å². The minimum atomic E-state index is -0.201. The molecule has 0 spiro atoms. The molecule has 1 nitrogen and oxygen atoms in total. The lowest BCUT2D eigenvalue weighted by Gasteiger charge is -2.17. The third kappa shape index (κ3) is 2.32. The summed E-state index contributed by atoms with van der Waals surface area (Å²) in [5.41, 5.74) is 2.10. The topological polar surface area (TPSA) is 9.23 Å². The van der Waals surface area contributed by atoms with Crippen LogP contribution in [-0.2, 0) is 4.74 Å². The van der Waals surface area contributed by atoms with Gasteiger partial charge in [0.05, 0.1) is 6.10 Å². The molecule has 78 valence electrons. The normalized spacial score (nSPS) is 13.3. The van der Waals surface area contributed by atoms with Gasteiger partial charge in [-0.25, -0.2) is 4.39 Å². The smallest absolute Gasteiger partial charge is 0.123 e. The van der Waals surface area contributed by atoms with Crippen LogP contribution in [0.15, 0.2) is 18.2 Å². The molecule has 0 saturated heterocycles. The van der Waals surface area contributed by atoms with Gasteiger partial charge in [-0.05, 0) is 36.1 Å². The van der Waals surface area contributed by atoms with Crippen molar-refractivity contribution >= 4 is 0 Å². The predicted octanol–water partition coefficient (Wildman–Crippen LogP) is 3.66. The summed E-state index contributed by atoms with van der Waals surface area (Å²) >= 11 is 0. The van der Waals surface area contributed by atoms with Gasteiger partial charge in [-0.1, -0.05) is 19.9 Å². The molecule has 1 rings (SSSR count). The molecular formula is C12H17FO. The Morgan fingerprint density at radius 1 is 1.14 bits per heavy atom. The van der Waals surface area contributed by atoms with E-state index in [4.69, 9.17) is 4.74 Å². The molecule has 0 aliphatic rings. The molecular weight excluding hydrogens is 179 g/mol. The Hall–Kier alpha value is -0.890. The van der Waals surface area contributed by atoms with Crippen LogP contribution in [0.3, 0.4) is 0 Å². The fourth-order valence-electron chi connectivity index (χ4n) is 1.55. The SMILES string of the molecule is COC(C)c1cc(F)ccc1C(C)C. The van der Waals surface area contributed by atoms with E-state index in [-0.39, 0.29) is 11.9 Å². The average molecular weight is 196 g/mol. The van der Waals surface area contributed by atoms with Crippen molar-refractivity contribution in [2.75, 3.05) is 7.11 Å². The highest BCUT2D eigenvalue weighted by atomic mass is 19.1. The van der Waals surface area contributed by atoms with E-state index in [1.807, 2.05) is 13.0 Å². The third-order valence-corrected chi connectivity index (χ3v) is 2.46. The van der Waals surface area contributed by atoms with E-state index in [1.165, 1.54) is 6.07 Å². The maximum atomic E-state index is 13.1. The van der Waals surface area contributed by atoms with Gasteiger partial charge in [-0.3, -0.25) is 0 Å². The van der Waals surface area contributed by atoms with E-state index >= 15 is 0 Å². The highest BCUT2D eigenvalue weighted by Gasteiger charge is 2.13. The monoisotopic (exact) mass is 196 g/mol. The molecule has 0 fully saturated rings. The summed E-state index contributed by atoms with van der Waals surface area (Å²) in [5, 5.41) is 0. The van der Waals surface area contributed by atoms with E-state index in [0.29, 0.717) is 5.92 Å². The van der Waals surface area contributed by atoms with E-state index in [2.05, 4.69) is 13.8 Å². The molecule has 1 aromatic rings. The Labute approximate surface area is 84.9 Å². The van der Waals surface area contributed by atoms with E-state index in [0.717, 1.165) is 11.1 Å². The van der Waals surface area contributed by atoms with Crippen LogP contribution in [0.1, 0.15) is 43.9 Å². The molecule has 0 radical (unpaired) electrons. The van der Waals surface area contributed by atoms with E-state index in [1.54, 1.807) is 13.2 Å². The molecule has 2 heteroatoms. The minimum absolute atomic E-state index is 0.0527. The summed E-state index contributed by atoms with van der Waals surface area (Å²) < 4.78 is 18.3.